The fourth-order valence-corrected chi connectivity index (χ4v) is 5.00. The number of sulfonamides is 1. The molecule has 1 N–H and O–H groups in total. The molecule has 10 heteroatoms. The average Bonchev–Trinajstić information content (AvgIpc) is 3.16. The van der Waals surface area contributed by atoms with Crippen LogP contribution in [0.2, 0.25) is 4.34 Å². The topological polar surface area (TPSA) is 81.2 Å². The van der Waals surface area contributed by atoms with Crippen LogP contribution in [0.15, 0.2) is 35.2 Å². The number of hydrogen-bond donors (Lipinski definition) is 1. The van der Waals surface area contributed by atoms with Crippen molar-refractivity contribution in [3.63, 3.8) is 0 Å². The number of halogens is 1. The van der Waals surface area contributed by atoms with E-state index in [2.05, 4.69) is 13.5 Å². The molecule has 0 fully saturated rings. The second-order valence-electron chi connectivity index (χ2n) is 4.61. The molecule has 0 radical (unpaired) electrons. The Morgan fingerprint density at radius 2 is 2.13 bits per heavy atom. The summed E-state index contributed by atoms with van der Waals surface area (Å²) in [5.41, 5.74) is 0.935. The lowest BCUT2D eigenvalue weighted by molar-refractivity contribution is 0.110. The third-order valence-electron chi connectivity index (χ3n) is 3.19. The quantitative estimate of drug-likeness (QED) is 0.700. The lowest BCUT2D eigenvalue weighted by Gasteiger charge is -2.15. The van der Waals surface area contributed by atoms with E-state index in [4.69, 9.17) is 16.3 Å². The van der Waals surface area contributed by atoms with Gasteiger partial charge >= 0.3 is 0 Å². The van der Waals surface area contributed by atoms with Crippen molar-refractivity contribution in [3.8, 4) is 0 Å². The molecule has 3 aromatic rings. The second-order valence-corrected chi connectivity index (χ2v) is 8.62. The van der Waals surface area contributed by atoms with Crippen LogP contribution in [0.3, 0.4) is 0 Å². The van der Waals surface area contributed by atoms with E-state index < -0.39 is 16.1 Å². The van der Waals surface area contributed by atoms with Gasteiger partial charge in [-0.05, 0) is 24.3 Å². The summed E-state index contributed by atoms with van der Waals surface area (Å²) < 4.78 is 41.8. The second kappa shape index (κ2) is 6.80. The van der Waals surface area contributed by atoms with E-state index in [9.17, 15) is 8.42 Å². The van der Waals surface area contributed by atoms with Crippen molar-refractivity contribution in [3.05, 3.63) is 39.5 Å². The molecule has 0 amide bonds. The first kappa shape index (κ1) is 16.7. The molecule has 3 rings (SSSR count). The highest BCUT2D eigenvalue weighted by Gasteiger charge is 2.22. The highest BCUT2D eigenvalue weighted by molar-refractivity contribution is 7.89. The summed E-state index contributed by atoms with van der Waals surface area (Å²) in [6.45, 7) is 0.101. The van der Waals surface area contributed by atoms with E-state index in [0.29, 0.717) is 15.4 Å². The van der Waals surface area contributed by atoms with Crippen LogP contribution in [0.4, 0.5) is 0 Å². The Morgan fingerprint density at radius 3 is 2.83 bits per heavy atom. The Labute approximate surface area is 146 Å². The molecule has 1 atom stereocenters. The molecular weight excluding hydrogens is 378 g/mol. The van der Waals surface area contributed by atoms with Crippen LogP contribution in [0.1, 0.15) is 11.0 Å². The molecule has 0 aliphatic heterocycles. The molecular formula is C13H12ClN3O3S3. The van der Waals surface area contributed by atoms with Gasteiger partial charge in [-0.15, -0.1) is 11.3 Å². The molecule has 2 aromatic heterocycles. The van der Waals surface area contributed by atoms with Crippen LogP contribution in [-0.2, 0) is 14.8 Å². The standard InChI is InChI=1S/C13H12ClN3O3S3/c1-20-9(10-5-6-12(14)21-10)7-15-23(18,19)11-4-2-3-8-13(11)17-22-16-8/h2-6,9,15H,7H2,1H3/t9-/m0/s1. The fourth-order valence-electron chi connectivity index (χ4n) is 2.06. The third kappa shape index (κ3) is 3.54. The Bertz CT molecular complexity index is 923. The number of benzene rings is 1. The van der Waals surface area contributed by atoms with E-state index in [1.54, 1.807) is 18.2 Å². The van der Waals surface area contributed by atoms with Gasteiger partial charge in [0.25, 0.3) is 0 Å². The van der Waals surface area contributed by atoms with Gasteiger partial charge in [-0.2, -0.15) is 8.75 Å². The van der Waals surface area contributed by atoms with Crippen LogP contribution in [0.25, 0.3) is 11.0 Å². The number of rotatable bonds is 6. The van der Waals surface area contributed by atoms with Crippen molar-refractivity contribution < 1.29 is 13.2 Å². The van der Waals surface area contributed by atoms with Gasteiger partial charge in [-0.1, -0.05) is 17.7 Å². The molecule has 0 aliphatic carbocycles. The summed E-state index contributed by atoms with van der Waals surface area (Å²) in [6.07, 6.45) is -0.407. The van der Waals surface area contributed by atoms with Gasteiger partial charge in [0.15, 0.2) is 0 Å². The van der Waals surface area contributed by atoms with Gasteiger partial charge in [-0.3, -0.25) is 0 Å². The van der Waals surface area contributed by atoms with E-state index >= 15 is 0 Å². The Balaban J connectivity index is 1.82. The SMILES string of the molecule is CO[C@@H](CNS(=O)(=O)c1cccc2nsnc12)c1ccc(Cl)s1. The molecule has 0 saturated heterocycles. The predicted octanol–water partition coefficient (Wildman–Crippen LogP) is 3.07. The largest absolute Gasteiger partial charge is 0.375 e. The normalized spacial score (nSPS) is 13.5. The van der Waals surface area contributed by atoms with Gasteiger partial charge in [0.1, 0.15) is 22.0 Å². The first-order valence-electron chi connectivity index (χ1n) is 6.50. The highest BCUT2D eigenvalue weighted by Crippen LogP contribution is 2.29. The summed E-state index contributed by atoms with van der Waals surface area (Å²) in [7, 11) is -2.19. The molecule has 0 unspecified atom stereocenters. The monoisotopic (exact) mass is 389 g/mol. The number of ether oxygens (including phenoxy) is 1. The molecule has 0 bridgehead atoms. The van der Waals surface area contributed by atoms with Crippen LogP contribution in [0.5, 0.6) is 0 Å². The van der Waals surface area contributed by atoms with Gasteiger partial charge < -0.3 is 4.74 Å². The van der Waals surface area contributed by atoms with Crippen molar-refractivity contribution in [2.45, 2.75) is 11.0 Å². The number of fused-ring (bicyclic) bond motifs is 1. The van der Waals surface area contributed by atoms with Gasteiger partial charge in [0.05, 0.1) is 16.1 Å². The average molecular weight is 390 g/mol. The number of thiophene rings is 1. The predicted molar refractivity (Wildman–Crippen MR) is 91.7 cm³/mol. The molecule has 0 spiro atoms. The van der Waals surface area contributed by atoms with E-state index in [1.807, 2.05) is 6.07 Å². The third-order valence-corrected chi connectivity index (χ3v) is 6.51. The lowest BCUT2D eigenvalue weighted by Crippen LogP contribution is -2.29. The zero-order chi connectivity index (χ0) is 16.4. The van der Waals surface area contributed by atoms with Crippen LogP contribution in [0, 0.1) is 0 Å². The zero-order valence-corrected chi connectivity index (χ0v) is 15.1. The van der Waals surface area contributed by atoms with Gasteiger partial charge in [0.2, 0.25) is 10.0 Å². The minimum atomic E-state index is -3.72. The maximum Gasteiger partial charge on any atom is 0.242 e. The Kier molecular flexibility index (Phi) is 4.95. The van der Waals surface area contributed by atoms with Crippen molar-refractivity contribution in [2.24, 2.45) is 0 Å². The zero-order valence-electron chi connectivity index (χ0n) is 11.9. The smallest absolute Gasteiger partial charge is 0.242 e. The Hall–Kier alpha value is -1.10. The molecule has 122 valence electrons. The molecule has 6 nitrogen and oxygen atoms in total. The van der Waals surface area contributed by atoms with Gasteiger partial charge in [0, 0.05) is 18.5 Å². The van der Waals surface area contributed by atoms with E-state index in [0.717, 1.165) is 16.6 Å². The van der Waals surface area contributed by atoms with Gasteiger partial charge in [-0.25, -0.2) is 13.1 Å². The van der Waals surface area contributed by atoms with Crippen molar-refractivity contribution in [1.29, 1.82) is 0 Å². The minimum absolute atomic E-state index is 0.101. The number of aromatic nitrogens is 2. The first-order chi connectivity index (χ1) is 11.0. The first-order valence-corrected chi connectivity index (χ1v) is 9.91. The number of nitrogens with zero attached hydrogens (tertiary/aromatic N) is 2. The van der Waals surface area contributed by atoms with E-state index in [-0.39, 0.29) is 11.4 Å². The summed E-state index contributed by atoms with van der Waals surface area (Å²) in [5.74, 6) is 0. The van der Waals surface area contributed by atoms with Crippen molar-refractivity contribution >= 4 is 55.7 Å². The summed E-state index contributed by atoms with van der Waals surface area (Å²) in [5, 5.41) is 0. The number of hydrogen-bond acceptors (Lipinski definition) is 7. The van der Waals surface area contributed by atoms with E-state index in [1.165, 1.54) is 24.5 Å². The van der Waals surface area contributed by atoms with Crippen LogP contribution in [-0.4, -0.2) is 30.8 Å². The maximum atomic E-state index is 12.5. The maximum absolute atomic E-state index is 12.5. The summed E-state index contributed by atoms with van der Waals surface area (Å²) in [6, 6.07) is 8.45. The minimum Gasteiger partial charge on any atom is -0.375 e. The lowest BCUT2D eigenvalue weighted by atomic mass is 10.3. The molecule has 0 aliphatic rings. The summed E-state index contributed by atoms with van der Waals surface area (Å²) in [4.78, 5) is 0.969. The molecule has 23 heavy (non-hydrogen) atoms. The number of nitrogens with one attached hydrogen (secondary N) is 1. The number of methoxy groups -OCH3 is 1. The highest BCUT2D eigenvalue weighted by atomic mass is 35.5. The Morgan fingerprint density at radius 1 is 1.30 bits per heavy atom. The molecule has 0 saturated carbocycles. The fraction of sp³-hybridized carbons (Fsp3) is 0.231. The van der Waals surface area contributed by atoms with Crippen LogP contribution >= 0.6 is 34.7 Å². The van der Waals surface area contributed by atoms with Crippen LogP contribution < -0.4 is 4.72 Å². The van der Waals surface area contributed by atoms with Crippen molar-refractivity contribution in [1.82, 2.24) is 13.5 Å². The van der Waals surface area contributed by atoms with Crippen molar-refractivity contribution in [2.75, 3.05) is 13.7 Å². The molecule has 2 heterocycles. The summed E-state index contributed by atoms with van der Waals surface area (Å²) >= 11 is 8.25. The molecule has 1 aromatic carbocycles.